The average molecular weight is 366 g/mol. The molecule has 1 aliphatic rings. The zero-order chi connectivity index (χ0) is 18.6. The topological polar surface area (TPSA) is 75.7 Å². The number of likely N-dealkylation sites (tertiary alicyclic amines) is 1. The highest BCUT2D eigenvalue weighted by molar-refractivity contribution is 7.84. The first-order valence-electron chi connectivity index (χ1n) is 8.38. The largest absolute Gasteiger partial charge is 0.444 e. The molecule has 25 heavy (non-hydrogen) atoms. The number of hydrogen-bond acceptors (Lipinski definition) is 4. The van der Waals surface area contributed by atoms with Gasteiger partial charge in [0.2, 0.25) is 0 Å². The number of ether oxygens (including phenoxy) is 1. The molecule has 1 aromatic carbocycles. The van der Waals surface area contributed by atoms with Crippen LogP contribution in [0.1, 0.15) is 44.0 Å². The van der Waals surface area contributed by atoms with Crippen LogP contribution in [0.3, 0.4) is 0 Å². The van der Waals surface area contributed by atoms with Crippen LogP contribution < -0.4 is 5.32 Å². The van der Waals surface area contributed by atoms with E-state index in [0.29, 0.717) is 23.5 Å². The van der Waals surface area contributed by atoms with E-state index in [9.17, 15) is 13.8 Å². The van der Waals surface area contributed by atoms with Gasteiger partial charge in [-0.15, -0.1) is 0 Å². The minimum atomic E-state index is -1.06. The van der Waals surface area contributed by atoms with Crippen molar-refractivity contribution in [2.75, 3.05) is 19.3 Å². The van der Waals surface area contributed by atoms with Crippen LogP contribution in [-0.4, -0.2) is 52.1 Å². The number of rotatable bonds is 3. The first-order chi connectivity index (χ1) is 11.7. The van der Waals surface area contributed by atoms with E-state index in [1.165, 1.54) is 0 Å². The van der Waals surface area contributed by atoms with Gasteiger partial charge in [-0.1, -0.05) is 0 Å². The van der Waals surface area contributed by atoms with Crippen molar-refractivity contribution in [3.8, 4) is 0 Å². The first-order valence-corrected chi connectivity index (χ1v) is 9.94. The molecule has 2 rings (SSSR count). The summed E-state index contributed by atoms with van der Waals surface area (Å²) in [6.07, 6.45) is 2.79. The van der Waals surface area contributed by atoms with Gasteiger partial charge < -0.3 is 15.0 Å². The number of piperidine rings is 1. The zero-order valence-corrected chi connectivity index (χ0v) is 16.0. The number of carbonyl (C=O) groups is 2. The Kier molecular flexibility index (Phi) is 6.21. The summed E-state index contributed by atoms with van der Waals surface area (Å²) >= 11 is 0. The highest BCUT2D eigenvalue weighted by Gasteiger charge is 2.27. The molecule has 138 valence electrons. The van der Waals surface area contributed by atoms with Crippen LogP contribution in [0.15, 0.2) is 29.2 Å². The molecular weight excluding hydrogens is 340 g/mol. The van der Waals surface area contributed by atoms with Crippen LogP contribution in [0.5, 0.6) is 0 Å². The summed E-state index contributed by atoms with van der Waals surface area (Å²) in [5, 5.41) is 2.84. The third kappa shape index (κ3) is 5.85. The molecule has 1 fully saturated rings. The summed E-state index contributed by atoms with van der Waals surface area (Å²) in [5.41, 5.74) is 0.0159. The summed E-state index contributed by atoms with van der Waals surface area (Å²) in [5.74, 6) is -0.0795. The van der Waals surface area contributed by atoms with Crippen LogP contribution in [0, 0.1) is 0 Å². The molecule has 0 spiro atoms. The molecule has 0 unspecified atom stereocenters. The summed E-state index contributed by atoms with van der Waals surface area (Å²) in [6, 6.07) is 6.71. The third-order valence-electron chi connectivity index (χ3n) is 3.86. The Morgan fingerprint density at radius 3 is 2.44 bits per heavy atom. The summed E-state index contributed by atoms with van der Waals surface area (Å²) < 4.78 is 16.7. The quantitative estimate of drug-likeness (QED) is 0.892. The second-order valence-electron chi connectivity index (χ2n) is 7.22. The zero-order valence-electron chi connectivity index (χ0n) is 15.2. The lowest BCUT2D eigenvalue weighted by Gasteiger charge is -2.33. The van der Waals surface area contributed by atoms with Crippen molar-refractivity contribution in [3.63, 3.8) is 0 Å². The van der Waals surface area contributed by atoms with E-state index in [-0.39, 0.29) is 11.9 Å². The second kappa shape index (κ2) is 7.99. The molecule has 0 bridgehead atoms. The van der Waals surface area contributed by atoms with Crippen molar-refractivity contribution in [2.45, 2.75) is 50.2 Å². The maximum Gasteiger partial charge on any atom is 0.407 e. The summed E-state index contributed by atoms with van der Waals surface area (Å²) in [7, 11) is -1.06. The number of alkyl carbamates (subject to hydrolysis) is 1. The predicted molar refractivity (Wildman–Crippen MR) is 97.1 cm³/mol. The molecule has 1 aromatic rings. The molecule has 0 aliphatic carbocycles. The van der Waals surface area contributed by atoms with Crippen molar-refractivity contribution in [1.29, 1.82) is 0 Å². The van der Waals surface area contributed by atoms with E-state index in [1.807, 2.05) is 20.8 Å². The van der Waals surface area contributed by atoms with E-state index in [4.69, 9.17) is 4.74 Å². The minimum Gasteiger partial charge on any atom is -0.444 e. The monoisotopic (exact) mass is 366 g/mol. The van der Waals surface area contributed by atoms with E-state index < -0.39 is 22.5 Å². The lowest BCUT2D eigenvalue weighted by Crippen LogP contribution is -2.50. The summed E-state index contributed by atoms with van der Waals surface area (Å²) in [4.78, 5) is 27.0. The van der Waals surface area contributed by atoms with Gasteiger partial charge in [0.1, 0.15) is 5.60 Å². The van der Waals surface area contributed by atoms with Crippen LogP contribution in [-0.2, 0) is 15.5 Å². The average Bonchev–Trinajstić information content (AvgIpc) is 2.52. The molecule has 1 saturated heterocycles. The van der Waals surface area contributed by atoms with Gasteiger partial charge in [0.05, 0.1) is 0 Å². The molecule has 6 nitrogen and oxygen atoms in total. The van der Waals surface area contributed by atoms with Gasteiger partial charge in [0.15, 0.2) is 0 Å². The molecule has 1 aliphatic heterocycles. The Morgan fingerprint density at radius 1 is 1.24 bits per heavy atom. The van der Waals surface area contributed by atoms with Gasteiger partial charge >= 0.3 is 6.09 Å². The summed E-state index contributed by atoms with van der Waals surface area (Å²) in [6.45, 7) is 6.56. The van der Waals surface area contributed by atoms with Crippen LogP contribution in [0.4, 0.5) is 4.79 Å². The van der Waals surface area contributed by atoms with Crippen molar-refractivity contribution in [3.05, 3.63) is 29.8 Å². The second-order valence-corrected chi connectivity index (χ2v) is 8.59. The fourth-order valence-corrected chi connectivity index (χ4v) is 3.24. The number of amides is 2. The predicted octanol–water partition coefficient (Wildman–Crippen LogP) is 2.55. The van der Waals surface area contributed by atoms with Gasteiger partial charge in [0, 0.05) is 46.6 Å². The minimum absolute atomic E-state index is 0.0795. The van der Waals surface area contributed by atoms with Crippen LogP contribution in [0.2, 0.25) is 0 Å². The maximum absolute atomic E-state index is 12.6. The fourth-order valence-electron chi connectivity index (χ4n) is 2.73. The van der Waals surface area contributed by atoms with Crippen molar-refractivity contribution < 1.29 is 18.5 Å². The molecule has 1 N–H and O–H groups in total. The Morgan fingerprint density at radius 2 is 1.88 bits per heavy atom. The molecule has 2 atom stereocenters. The number of nitrogens with one attached hydrogen (secondary N) is 1. The molecule has 0 radical (unpaired) electrons. The van der Waals surface area contributed by atoms with Gasteiger partial charge in [0.25, 0.3) is 5.91 Å². The lowest BCUT2D eigenvalue weighted by atomic mass is 10.0. The van der Waals surface area contributed by atoms with Crippen molar-refractivity contribution >= 4 is 22.8 Å². The Bertz CT molecular complexity index is 652. The Hall–Kier alpha value is -1.89. The molecule has 0 aromatic heterocycles. The van der Waals surface area contributed by atoms with Crippen molar-refractivity contribution in [1.82, 2.24) is 10.2 Å². The smallest absolute Gasteiger partial charge is 0.407 e. The maximum atomic E-state index is 12.6. The first kappa shape index (κ1) is 19.4. The van der Waals surface area contributed by atoms with E-state index in [1.54, 1.807) is 35.4 Å². The third-order valence-corrected chi connectivity index (χ3v) is 4.80. The van der Waals surface area contributed by atoms with Gasteiger partial charge in [-0.25, -0.2) is 4.79 Å². The number of benzene rings is 1. The normalized spacial score (nSPS) is 19.2. The Labute approximate surface area is 151 Å². The van der Waals surface area contributed by atoms with Crippen LogP contribution in [0.25, 0.3) is 0 Å². The van der Waals surface area contributed by atoms with Crippen LogP contribution >= 0.6 is 0 Å². The van der Waals surface area contributed by atoms with Gasteiger partial charge in [-0.2, -0.15) is 0 Å². The number of hydrogen-bond donors (Lipinski definition) is 1. The van der Waals surface area contributed by atoms with E-state index in [2.05, 4.69) is 5.32 Å². The standard InChI is InChI=1S/C18H26N2O4S/c1-18(2,3)24-17(22)19-14-6-5-11-20(12-14)16(21)13-7-9-15(10-8-13)25(4)23/h7-10,14H,5-6,11-12H2,1-4H3,(H,19,22)/t14-,25+/m1/s1. The molecule has 1 heterocycles. The van der Waals surface area contributed by atoms with Gasteiger partial charge in [-0.05, 0) is 57.9 Å². The lowest BCUT2D eigenvalue weighted by molar-refractivity contribution is 0.0452. The van der Waals surface area contributed by atoms with E-state index >= 15 is 0 Å². The Balaban J connectivity index is 1.96. The molecular formula is C18H26N2O4S. The SMILES string of the molecule is C[S@](=O)c1ccc(C(=O)N2CCC[C@@H](NC(=O)OC(C)(C)C)C2)cc1. The molecule has 2 amide bonds. The highest BCUT2D eigenvalue weighted by atomic mass is 32.2. The highest BCUT2D eigenvalue weighted by Crippen LogP contribution is 2.16. The van der Waals surface area contributed by atoms with Crippen molar-refractivity contribution in [2.24, 2.45) is 0 Å². The number of nitrogens with zero attached hydrogens (tertiary/aromatic N) is 1. The molecule has 7 heteroatoms. The number of carbonyl (C=O) groups excluding carboxylic acids is 2. The molecule has 0 saturated carbocycles. The fraction of sp³-hybridized carbons (Fsp3) is 0.556. The van der Waals surface area contributed by atoms with Gasteiger partial charge in [-0.3, -0.25) is 9.00 Å². The van der Waals surface area contributed by atoms with E-state index in [0.717, 1.165) is 12.8 Å².